The quantitative estimate of drug-likeness (QED) is 0.562. The molecule has 1 fully saturated rings. The summed E-state index contributed by atoms with van der Waals surface area (Å²) in [6.07, 6.45) is 4.34. The van der Waals surface area contributed by atoms with E-state index in [9.17, 15) is 4.79 Å². The van der Waals surface area contributed by atoms with Crippen molar-refractivity contribution in [2.75, 3.05) is 37.6 Å². The SMILES string of the molecule is Cc1cccc(N2CCN(CCC(C)NC(=O)/C=C/c3nc4ccccc4s3)CC2)c1. The van der Waals surface area contributed by atoms with Gasteiger partial charge in [0.05, 0.1) is 10.2 Å². The zero-order valence-corrected chi connectivity index (χ0v) is 19.1. The number of carbonyl (C=O) groups excluding carboxylic acids is 1. The molecule has 2 heterocycles. The van der Waals surface area contributed by atoms with E-state index >= 15 is 0 Å². The van der Waals surface area contributed by atoms with Gasteiger partial charge in [0.25, 0.3) is 0 Å². The van der Waals surface area contributed by atoms with Gasteiger partial charge >= 0.3 is 0 Å². The van der Waals surface area contributed by atoms with Crippen molar-refractivity contribution in [2.24, 2.45) is 0 Å². The average molecular weight is 435 g/mol. The Morgan fingerprint density at radius 2 is 1.97 bits per heavy atom. The van der Waals surface area contributed by atoms with Crippen molar-refractivity contribution in [3.05, 3.63) is 65.2 Å². The first kappa shape index (κ1) is 21.5. The standard InChI is InChI=1S/C25H30N4OS/c1-19-6-5-7-21(18-19)29-16-14-28(15-17-29)13-12-20(2)26-24(30)10-11-25-27-22-8-3-4-9-23(22)31-25/h3-11,18,20H,12-17H2,1-2H3,(H,26,30)/b11-10+. The van der Waals surface area contributed by atoms with Gasteiger partial charge in [-0.1, -0.05) is 24.3 Å². The summed E-state index contributed by atoms with van der Waals surface area (Å²) < 4.78 is 1.14. The molecule has 1 unspecified atom stereocenters. The first-order chi connectivity index (χ1) is 15.1. The van der Waals surface area contributed by atoms with Crippen molar-refractivity contribution in [1.29, 1.82) is 0 Å². The van der Waals surface area contributed by atoms with Gasteiger partial charge in [0.1, 0.15) is 5.01 Å². The highest BCUT2D eigenvalue weighted by Gasteiger charge is 2.18. The van der Waals surface area contributed by atoms with Gasteiger partial charge in [-0.3, -0.25) is 9.69 Å². The monoisotopic (exact) mass is 434 g/mol. The lowest BCUT2D eigenvalue weighted by atomic mass is 10.1. The Labute approximate surface area is 188 Å². The van der Waals surface area contributed by atoms with Gasteiger partial charge in [-0.05, 0) is 56.2 Å². The summed E-state index contributed by atoms with van der Waals surface area (Å²) in [7, 11) is 0. The van der Waals surface area contributed by atoms with E-state index in [4.69, 9.17) is 0 Å². The number of hydrogen-bond acceptors (Lipinski definition) is 5. The van der Waals surface area contributed by atoms with Gasteiger partial charge in [-0.25, -0.2) is 4.98 Å². The van der Waals surface area contributed by atoms with Gasteiger partial charge in [0.15, 0.2) is 0 Å². The molecule has 1 aliphatic rings. The molecule has 1 aliphatic heterocycles. The zero-order chi connectivity index (χ0) is 21.6. The predicted molar refractivity (Wildman–Crippen MR) is 131 cm³/mol. The van der Waals surface area contributed by atoms with Crippen LogP contribution in [0.1, 0.15) is 23.9 Å². The van der Waals surface area contributed by atoms with Gasteiger partial charge < -0.3 is 10.2 Å². The van der Waals surface area contributed by atoms with Crippen LogP contribution < -0.4 is 10.2 Å². The molecular weight excluding hydrogens is 404 g/mol. The number of aryl methyl sites for hydroxylation is 1. The predicted octanol–water partition coefficient (Wildman–Crippen LogP) is 4.33. The molecule has 162 valence electrons. The molecule has 0 saturated carbocycles. The van der Waals surface area contributed by atoms with Crippen LogP contribution >= 0.6 is 11.3 Å². The fraction of sp³-hybridized carbons (Fsp3) is 0.360. The highest BCUT2D eigenvalue weighted by atomic mass is 32.1. The number of nitrogens with one attached hydrogen (secondary N) is 1. The summed E-state index contributed by atoms with van der Waals surface area (Å²) in [4.78, 5) is 21.8. The van der Waals surface area contributed by atoms with Crippen LogP contribution in [0, 0.1) is 6.92 Å². The number of hydrogen-bond donors (Lipinski definition) is 1. The molecule has 5 nitrogen and oxygen atoms in total. The number of rotatable bonds is 7. The Kier molecular flexibility index (Phi) is 6.99. The largest absolute Gasteiger partial charge is 0.369 e. The van der Waals surface area contributed by atoms with Crippen LogP contribution in [0.15, 0.2) is 54.6 Å². The highest BCUT2D eigenvalue weighted by Crippen LogP contribution is 2.22. The molecule has 0 bridgehead atoms. The maximum atomic E-state index is 12.3. The van der Waals surface area contributed by atoms with E-state index in [1.165, 1.54) is 11.3 Å². The van der Waals surface area contributed by atoms with Crippen molar-refractivity contribution in [3.63, 3.8) is 0 Å². The number of para-hydroxylation sites is 1. The normalized spacial score (nSPS) is 16.1. The second-order valence-corrected chi connectivity index (χ2v) is 9.28. The second-order valence-electron chi connectivity index (χ2n) is 8.22. The van der Waals surface area contributed by atoms with Crippen LogP contribution in [0.2, 0.25) is 0 Å². The van der Waals surface area contributed by atoms with E-state index < -0.39 is 0 Å². The van der Waals surface area contributed by atoms with Crippen LogP contribution in [0.4, 0.5) is 5.69 Å². The summed E-state index contributed by atoms with van der Waals surface area (Å²) in [6.45, 7) is 9.45. The molecule has 31 heavy (non-hydrogen) atoms. The molecule has 0 spiro atoms. The minimum Gasteiger partial charge on any atom is -0.369 e. The lowest BCUT2D eigenvalue weighted by Gasteiger charge is -2.36. The molecule has 1 atom stereocenters. The van der Waals surface area contributed by atoms with Crippen molar-refractivity contribution in [2.45, 2.75) is 26.3 Å². The fourth-order valence-electron chi connectivity index (χ4n) is 3.90. The molecule has 1 aromatic heterocycles. The number of benzene rings is 2. The van der Waals surface area contributed by atoms with Crippen LogP contribution in [0.5, 0.6) is 0 Å². The molecule has 1 N–H and O–H groups in total. The van der Waals surface area contributed by atoms with Gasteiger partial charge in [0.2, 0.25) is 5.91 Å². The minimum atomic E-state index is -0.0592. The number of aromatic nitrogens is 1. The summed E-state index contributed by atoms with van der Waals surface area (Å²) in [5.41, 5.74) is 3.60. The van der Waals surface area contributed by atoms with Crippen molar-refractivity contribution in [1.82, 2.24) is 15.2 Å². The Hall–Kier alpha value is -2.70. The van der Waals surface area contributed by atoms with E-state index in [1.54, 1.807) is 23.5 Å². The van der Waals surface area contributed by atoms with E-state index in [1.807, 2.05) is 24.3 Å². The number of piperazine rings is 1. The van der Waals surface area contributed by atoms with Gasteiger partial charge in [-0.15, -0.1) is 11.3 Å². The van der Waals surface area contributed by atoms with Crippen LogP contribution in [0.25, 0.3) is 16.3 Å². The van der Waals surface area contributed by atoms with Crippen molar-refractivity contribution >= 4 is 39.2 Å². The smallest absolute Gasteiger partial charge is 0.244 e. The van der Waals surface area contributed by atoms with Crippen molar-refractivity contribution < 1.29 is 4.79 Å². The second kappa shape index (κ2) is 10.1. The Bertz CT molecular complexity index is 1020. The maximum Gasteiger partial charge on any atom is 0.244 e. The third kappa shape index (κ3) is 5.93. The summed E-state index contributed by atoms with van der Waals surface area (Å²) >= 11 is 1.60. The first-order valence-electron chi connectivity index (χ1n) is 10.9. The highest BCUT2D eigenvalue weighted by molar-refractivity contribution is 7.19. The molecule has 1 amide bonds. The van der Waals surface area contributed by atoms with Gasteiger partial charge in [-0.2, -0.15) is 0 Å². The Morgan fingerprint density at radius 3 is 2.74 bits per heavy atom. The van der Waals surface area contributed by atoms with Crippen molar-refractivity contribution in [3.8, 4) is 0 Å². The lowest BCUT2D eigenvalue weighted by Crippen LogP contribution is -2.47. The van der Waals surface area contributed by atoms with E-state index in [0.717, 1.165) is 54.4 Å². The average Bonchev–Trinajstić information content (AvgIpc) is 3.20. The molecule has 3 aromatic rings. The molecule has 4 rings (SSSR count). The third-order valence-electron chi connectivity index (χ3n) is 5.69. The summed E-state index contributed by atoms with van der Waals surface area (Å²) in [5.74, 6) is -0.0592. The molecule has 1 saturated heterocycles. The summed E-state index contributed by atoms with van der Waals surface area (Å²) in [6, 6.07) is 16.9. The zero-order valence-electron chi connectivity index (χ0n) is 18.3. The number of fused-ring (bicyclic) bond motifs is 1. The Morgan fingerprint density at radius 1 is 1.16 bits per heavy atom. The minimum absolute atomic E-state index is 0.0592. The maximum absolute atomic E-state index is 12.3. The topological polar surface area (TPSA) is 48.5 Å². The number of carbonyl (C=O) groups is 1. The molecule has 0 radical (unpaired) electrons. The van der Waals surface area contributed by atoms with E-state index in [2.05, 4.69) is 58.2 Å². The fourth-order valence-corrected chi connectivity index (χ4v) is 4.77. The number of thiazole rings is 1. The van der Waals surface area contributed by atoms with Gasteiger partial charge in [0, 0.05) is 50.5 Å². The van der Waals surface area contributed by atoms with Crippen LogP contribution in [-0.2, 0) is 4.79 Å². The number of anilines is 1. The Balaban J connectivity index is 1.19. The number of amides is 1. The van der Waals surface area contributed by atoms with E-state index in [-0.39, 0.29) is 11.9 Å². The lowest BCUT2D eigenvalue weighted by molar-refractivity contribution is -0.117. The number of nitrogens with zero attached hydrogens (tertiary/aromatic N) is 3. The van der Waals surface area contributed by atoms with E-state index in [0.29, 0.717) is 0 Å². The molecular formula is C25H30N4OS. The third-order valence-corrected chi connectivity index (χ3v) is 6.70. The van der Waals surface area contributed by atoms with Crippen LogP contribution in [-0.4, -0.2) is 54.6 Å². The van der Waals surface area contributed by atoms with Crippen LogP contribution in [0.3, 0.4) is 0 Å². The molecule has 0 aliphatic carbocycles. The first-order valence-corrected chi connectivity index (χ1v) is 11.8. The summed E-state index contributed by atoms with van der Waals surface area (Å²) in [5, 5.41) is 3.94. The molecule has 2 aromatic carbocycles. The molecule has 6 heteroatoms.